The third kappa shape index (κ3) is 3.05. The van der Waals surface area contributed by atoms with E-state index >= 15 is 0 Å². The Morgan fingerprint density at radius 1 is 1.32 bits per heavy atom. The zero-order chi connectivity index (χ0) is 15.5. The van der Waals surface area contributed by atoms with Crippen LogP contribution in [0.5, 0.6) is 0 Å². The van der Waals surface area contributed by atoms with Crippen LogP contribution in [0.2, 0.25) is 0 Å². The maximum atomic E-state index is 11.5. The average molecular weight is 300 g/mol. The number of nitrogens with one attached hydrogen (secondary N) is 1. The van der Waals surface area contributed by atoms with Crippen LogP contribution in [0, 0.1) is 0 Å². The van der Waals surface area contributed by atoms with Gasteiger partial charge in [0.2, 0.25) is 0 Å². The lowest BCUT2D eigenvalue weighted by Gasteiger charge is -2.38. The van der Waals surface area contributed by atoms with Gasteiger partial charge in [0.1, 0.15) is 5.82 Å². The summed E-state index contributed by atoms with van der Waals surface area (Å²) < 4.78 is 1.75. The van der Waals surface area contributed by atoms with E-state index in [-0.39, 0.29) is 12.1 Å². The number of aromatic nitrogens is 2. The van der Waals surface area contributed by atoms with Crippen molar-refractivity contribution in [1.29, 1.82) is 0 Å². The Labute approximate surface area is 129 Å². The molecule has 6 heteroatoms. The molecule has 116 valence electrons. The minimum atomic E-state index is -0.856. The van der Waals surface area contributed by atoms with Gasteiger partial charge in [-0.2, -0.15) is 5.10 Å². The van der Waals surface area contributed by atoms with Gasteiger partial charge in [0, 0.05) is 31.9 Å². The van der Waals surface area contributed by atoms with Crippen molar-refractivity contribution in [2.24, 2.45) is 7.05 Å². The molecule has 0 radical (unpaired) electrons. The predicted octanol–water partition coefficient (Wildman–Crippen LogP) is 2.72. The second kappa shape index (κ2) is 6.09. The largest absolute Gasteiger partial charge is 0.465 e. The van der Waals surface area contributed by atoms with Gasteiger partial charge in [-0.1, -0.05) is 30.3 Å². The molecule has 2 unspecified atom stereocenters. The Hall–Kier alpha value is -2.50. The molecule has 2 N–H and O–H groups in total. The smallest absolute Gasteiger partial charge is 0.407 e. The predicted molar refractivity (Wildman–Crippen MR) is 83.8 cm³/mol. The molecule has 1 aliphatic rings. The van der Waals surface area contributed by atoms with Gasteiger partial charge >= 0.3 is 6.09 Å². The second-order valence-corrected chi connectivity index (χ2v) is 5.64. The first-order chi connectivity index (χ1) is 10.6. The van der Waals surface area contributed by atoms with Crippen LogP contribution < -0.4 is 5.32 Å². The number of aryl methyl sites for hydroxylation is 1. The number of benzene rings is 1. The number of amides is 1. The second-order valence-electron chi connectivity index (χ2n) is 5.64. The number of carboxylic acid groups (broad SMARTS) is 1. The van der Waals surface area contributed by atoms with Crippen molar-refractivity contribution in [3.05, 3.63) is 48.2 Å². The van der Waals surface area contributed by atoms with Gasteiger partial charge in [-0.3, -0.25) is 4.68 Å². The molecule has 3 rings (SSSR count). The molecule has 0 saturated carbocycles. The van der Waals surface area contributed by atoms with Gasteiger partial charge in [0.25, 0.3) is 0 Å². The summed E-state index contributed by atoms with van der Waals surface area (Å²) in [7, 11) is 1.88. The fourth-order valence-corrected chi connectivity index (χ4v) is 3.02. The first-order valence-corrected chi connectivity index (χ1v) is 7.44. The highest BCUT2D eigenvalue weighted by Gasteiger charge is 2.32. The van der Waals surface area contributed by atoms with E-state index in [9.17, 15) is 9.90 Å². The van der Waals surface area contributed by atoms with Gasteiger partial charge in [0.15, 0.2) is 0 Å². The highest BCUT2D eigenvalue weighted by molar-refractivity contribution is 5.66. The minimum Gasteiger partial charge on any atom is -0.465 e. The summed E-state index contributed by atoms with van der Waals surface area (Å²) in [4.78, 5) is 13.0. The molecule has 0 spiro atoms. The third-order valence-electron chi connectivity index (χ3n) is 4.10. The number of nitrogens with zero attached hydrogens (tertiary/aromatic N) is 3. The fourth-order valence-electron chi connectivity index (χ4n) is 3.02. The molecule has 6 nitrogen and oxygen atoms in total. The van der Waals surface area contributed by atoms with E-state index in [1.165, 1.54) is 4.90 Å². The Kier molecular flexibility index (Phi) is 4.00. The molecule has 0 aliphatic carbocycles. The molecular formula is C16H20N4O2. The topological polar surface area (TPSA) is 70.4 Å². The molecule has 1 amide bonds. The lowest BCUT2D eigenvalue weighted by Crippen LogP contribution is -2.44. The van der Waals surface area contributed by atoms with Crippen molar-refractivity contribution in [3.8, 4) is 0 Å². The van der Waals surface area contributed by atoms with Gasteiger partial charge in [-0.15, -0.1) is 0 Å². The molecule has 0 bridgehead atoms. The summed E-state index contributed by atoms with van der Waals surface area (Å²) in [5.74, 6) is 0.836. The molecule has 1 aromatic carbocycles. The third-order valence-corrected chi connectivity index (χ3v) is 4.10. The first kappa shape index (κ1) is 14.4. The molecule has 1 aliphatic heterocycles. The molecular weight excluding hydrogens is 280 g/mol. The molecule has 22 heavy (non-hydrogen) atoms. The summed E-state index contributed by atoms with van der Waals surface area (Å²) in [6.07, 6.45) is 2.56. The van der Waals surface area contributed by atoms with E-state index in [2.05, 4.69) is 10.4 Å². The normalized spacial score (nSPS) is 21.6. The molecule has 2 atom stereocenters. The van der Waals surface area contributed by atoms with Crippen molar-refractivity contribution in [3.63, 3.8) is 0 Å². The number of anilines is 1. The molecule has 2 aromatic rings. The lowest BCUT2D eigenvalue weighted by atomic mass is 9.92. The maximum absolute atomic E-state index is 11.5. The maximum Gasteiger partial charge on any atom is 0.407 e. The van der Waals surface area contributed by atoms with Gasteiger partial charge in [-0.25, -0.2) is 4.79 Å². The Balaban J connectivity index is 1.76. The van der Waals surface area contributed by atoms with E-state index in [4.69, 9.17) is 0 Å². The summed E-state index contributed by atoms with van der Waals surface area (Å²) in [5, 5.41) is 17.2. The van der Waals surface area contributed by atoms with Crippen LogP contribution >= 0.6 is 0 Å². The number of piperidine rings is 1. The van der Waals surface area contributed by atoms with E-state index in [0.717, 1.165) is 24.2 Å². The summed E-state index contributed by atoms with van der Waals surface area (Å²) in [6.45, 7) is 0.527. The van der Waals surface area contributed by atoms with Crippen LogP contribution in [-0.4, -0.2) is 38.5 Å². The van der Waals surface area contributed by atoms with Crippen molar-refractivity contribution in [2.75, 3.05) is 11.9 Å². The summed E-state index contributed by atoms with van der Waals surface area (Å²) in [5.41, 5.74) is 1.04. The SMILES string of the molecule is Cn1ccc(NC2CCN(C(=O)O)C(c3ccccc3)C2)n1. The van der Waals surface area contributed by atoms with E-state index in [1.807, 2.05) is 49.6 Å². The van der Waals surface area contributed by atoms with Gasteiger partial charge in [0.05, 0.1) is 6.04 Å². The van der Waals surface area contributed by atoms with Gasteiger partial charge in [-0.05, 0) is 18.4 Å². The number of hydrogen-bond donors (Lipinski definition) is 2. The Morgan fingerprint density at radius 2 is 2.09 bits per heavy atom. The monoisotopic (exact) mass is 300 g/mol. The molecule has 1 fully saturated rings. The fraction of sp³-hybridized carbons (Fsp3) is 0.375. The van der Waals surface area contributed by atoms with E-state index in [1.54, 1.807) is 4.68 Å². The highest BCUT2D eigenvalue weighted by atomic mass is 16.4. The van der Waals surface area contributed by atoms with Crippen LogP contribution in [0.1, 0.15) is 24.4 Å². The van der Waals surface area contributed by atoms with Crippen LogP contribution in [0.15, 0.2) is 42.6 Å². The molecule has 2 heterocycles. The number of likely N-dealkylation sites (tertiary alicyclic amines) is 1. The van der Waals surface area contributed by atoms with E-state index in [0.29, 0.717) is 6.54 Å². The number of rotatable bonds is 3. The zero-order valence-electron chi connectivity index (χ0n) is 12.5. The molecule has 1 aromatic heterocycles. The van der Waals surface area contributed by atoms with Crippen molar-refractivity contribution >= 4 is 11.9 Å². The average Bonchev–Trinajstić information content (AvgIpc) is 2.93. The highest BCUT2D eigenvalue weighted by Crippen LogP contribution is 2.32. The van der Waals surface area contributed by atoms with Crippen LogP contribution in [0.3, 0.4) is 0 Å². The standard InChI is InChI=1S/C16H20N4O2/c1-19-9-8-15(18-19)17-13-7-10-20(16(21)22)14(11-13)12-5-3-2-4-6-12/h2-6,8-9,13-14H,7,10-11H2,1H3,(H,17,18)(H,21,22). The number of carbonyl (C=O) groups is 1. The van der Waals surface area contributed by atoms with Crippen molar-refractivity contribution < 1.29 is 9.90 Å². The quantitative estimate of drug-likeness (QED) is 0.914. The van der Waals surface area contributed by atoms with Crippen LogP contribution in [0.25, 0.3) is 0 Å². The lowest BCUT2D eigenvalue weighted by molar-refractivity contribution is 0.103. The van der Waals surface area contributed by atoms with Crippen molar-refractivity contribution in [1.82, 2.24) is 14.7 Å². The summed E-state index contributed by atoms with van der Waals surface area (Å²) in [6, 6.07) is 11.9. The molecule has 1 saturated heterocycles. The van der Waals surface area contributed by atoms with E-state index < -0.39 is 6.09 Å². The minimum absolute atomic E-state index is 0.117. The van der Waals surface area contributed by atoms with Crippen LogP contribution in [0.4, 0.5) is 10.6 Å². The van der Waals surface area contributed by atoms with Crippen molar-refractivity contribution in [2.45, 2.75) is 24.9 Å². The van der Waals surface area contributed by atoms with Crippen LogP contribution in [-0.2, 0) is 7.05 Å². The van der Waals surface area contributed by atoms with Gasteiger partial charge < -0.3 is 15.3 Å². The Bertz CT molecular complexity index is 641. The Morgan fingerprint density at radius 3 is 2.73 bits per heavy atom. The number of hydrogen-bond acceptors (Lipinski definition) is 3. The zero-order valence-corrected chi connectivity index (χ0v) is 12.5. The first-order valence-electron chi connectivity index (χ1n) is 7.44. The summed E-state index contributed by atoms with van der Waals surface area (Å²) >= 11 is 0.